The van der Waals surface area contributed by atoms with Gasteiger partial charge in [0.05, 0.1) is 335 Å². The maximum Gasteiger partial charge on any atom is 0.308 e. The molecule has 4 N–H and O–H groups in total. The van der Waals surface area contributed by atoms with Crippen LogP contribution in [0.25, 0.3) is 21.9 Å². The number of nitrogens with two attached hydrogens (primary N) is 2. The maximum atomic E-state index is 11.6. The van der Waals surface area contributed by atoms with E-state index in [4.69, 9.17) is 140 Å². The van der Waals surface area contributed by atoms with Crippen LogP contribution in [0.15, 0.2) is 18.2 Å². The van der Waals surface area contributed by atoms with E-state index >= 15 is 0 Å². The minimum Gasteiger partial charge on any atom is -0.460 e. The van der Waals surface area contributed by atoms with Gasteiger partial charge in [0.1, 0.15) is 16.9 Å². The van der Waals surface area contributed by atoms with Crippen LogP contribution >= 0.6 is 0 Å². The Labute approximate surface area is 654 Å². The zero-order valence-electron chi connectivity index (χ0n) is 67.4. The molecule has 2 aromatic heterocycles. The molecule has 3 heterocycles. The molecule has 1 aliphatic rings. The number of rotatable bonds is 83. The second kappa shape index (κ2) is 71.7. The van der Waals surface area contributed by atoms with Crippen LogP contribution in [-0.4, -0.2) is 387 Å². The molecule has 1 aromatic carbocycles. The normalized spacial score (nSPS) is 13.0. The number of fused-ring (bicyclic) bond motifs is 3. The van der Waals surface area contributed by atoms with Crippen LogP contribution in [0.1, 0.15) is 65.6 Å². The van der Waals surface area contributed by atoms with Gasteiger partial charge in [0.15, 0.2) is 5.82 Å². The van der Waals surface area contributed by atoms with Crippen molar-refractivity contribution >= 4 is 39.4 Å². The number of aryl methyl sites for hydroxylation is 2. The largest absolute Gasteiger partial charge is 0.460 e. The summed E-state index contributed by atoms with van der Waals surface area (Å²) in [7, 11) is 0. The van der Waals surface area contributed by atoms with E-state index in [-0.39, 0.29) is 12.4 Å². The van der Waals surface area contributed by atoms with Gasteiger partial charge in [0.25, 0.3) is 0 Å². The molecule has 33 nitrogen and oxygen atoms in total. The predicted octanol–water partition coefficient (Wildman–Crippen LogP) is 4.50. The Kier molecular flexibility index (Phi) is 64.2. The third-order valence-electron chi connectivity index (χ3n) is 16.1. The van der Waals surface area contributed by atoms with E-state index < -0.39 is 5.60 Å². The van der Waals surface area contributed by atoms with Gasteiger partial charge in [0, 0.05) is 56.8 Å². The first-order valence-electron chi connectivity index (χ1n) is 40.0. The summed E-state index contributed by atoms with van der Waals surface area (Å²) < 4.78 is 141. The van der Waals surface area contributed by atoms with E-state index in [9.17, 15) is 4.79 Å². The van der Waals surface area contributed by atoms with Gasteiger partial charge in [-0.05, 0) is 64.8 Å². The molecule has 0 saturated carbocycles. The summed E-state index contributed by atoms with van der Waals surface area (Å²) in [5.74, 6) is 1.31. The summed E-state index contributed by atoms with van der Waals surface area (Å²) in [4.78, 5) is 26.3. The minimum absolute atomic E-state index is 0.222. The van der Waals surface area contributed by atoms with Crippen LogP contribution in [0.5, 0.6) is 0 Å². The Balaban J connectivity index is 0.727. The van der Waals surface area contributed by atoms with Crippen LogP contribution < -0.4 is 16.4 Å². The van der Waals surface area contributed by atoms with Gasteiger partial charge < -0.3 is 139 Å². The first-order chi connectivity index (χ1) is 54.2. The van der Waals surface area contributed by atoms with Crippen molar-refractivity contribution in [2.75, 3.05) is 367 Å². The van der Waals surface area contributed by atoms with Crippen LogP contribution in [0, 0.1) is 0 Å². The van der Waals surface area contributed by atoms with Crippen molar-refractivity contribution in [3.05, 3.63) is 24.0 Å². The molecule has 0 radical (unpaired) electrons. The molecule has 1 saturated heterocycles. The Morgan fingerprint density at radius 2 is 0.682 bits per heavy atom. The Morgan fingerprint density at radius 1 is 0.382 bits per heavy atom. The molecule has 0 aliphatic carbocycles. The number of ether oxygens (including phenoxy) is 25. The Bertz CT molecular complexity index is 2540. The number of unbranched alkanes of at least 4 members (excludes halogenated alkanes) is 2. The number of esters is 1. The SMILES string of the molecule is CCCCc1nc2c(N)nc3ccc(N4CCN(CCOCCOCCOCCOCCOCCOCCOCCOCCOCCOCCOCCOCCOCCOCCOCCOCCOCCOCCOCCOCCOCCOCCOCCOCCC(=O)OC(C)(C)C)CC4)cc3c2n1CCCCN. The molecule has 0 atom stereocenters. The quantitative estimate of drug-likeness (QED) is 0.0580. The van der Waals surface area contributed by atoms with Gasteiger partial charge in [-0.25, -0.2) is 9.97 Å². The van der Waals surface area contributed by atoms with Crippen molar-refractivity contribution in [3.8, 4) is 0 Å². The first-order valence-corrected chi connectivity index (χ1v) is 40.0. The molecule has 0 spiro atoms. The number of hydrogen-bond acceptors (Lipinski definition) is 32. The topological polar surface area (TPSA) is 337 Å². The van der Waals surface area contributed by atoms with Crippen LogP contribution in [0.2, 0.25) is 0 Å². The maximum absolute atomic E-state index is 11.6. The molecular formula is C77H141N7O26. The number of imidazole rings is 1. The molecule has 110 heavy (non-hydrogen) atoms. The molecule has 1 aliphatic heterocycles. The average molecular weight is 1580 g/mol. The Hall–Kier alpha value is -3.87. The lowest BCUT2D eigenvalue weighted by molar-refractivity contribution is -0.156. The molecule has 0 bridgehead atoms. The predicted molar refractivity (Wildman–Crippen MR) is 415 cm³/mol. The van der Waals surface area contributed by atoms with Crippen molar-refractivity contribution in [2.24, 2.45) is 5.73 Å². The second-order valence-corrected chi connectivity index (χ2v) is 26.0. The van der Waals surface area contributed by atoms with E-state index in [2.05, 4.69) is 39.5 Å². The lowest BCUT2D eigenvalue weighted by Gasteiger charge is -2.36. The average Bonchev–Trinajstić information content (AvgIpc) is 1.58. The highest BCUT2D eigenvalue weighted by Gasteiger charge is 2.22. The molecule has 33 heteroatoms. The van der Waals surface area contributed by atoms with Crippen LogP contribution in [0.3, 0.4) is 0 Å². The highest BCUT2D eigenvalue weighted by molar-refractivity contribution is 6.07. The molecule has 4 rings (SSSR count). The van der Waals surface area contributed by atoms with E-state index in [0.29, 0.717) is 329 Å². The Morgan fingerprint density at radius 3 is 0.973 bits per heavy atom. The van der Waals surface area contributed by atoms with E-state index in [1.807, 2.05) is 20.8 Å². The number of nitrogens with zero attached hydrogens (tertiary/aromatic N) is 5. The number of benzene rings is 1. The lowest BCUT2D eigenvalue weighted by atomic mass is 10.1. The van der Waals surface area contributed by atoms with Gasteiger partial charge in [-0.15, -0.1) is 0 Å². The van der Waals surface area contributed by atoms with Gasteiger partial charge >= 0.3 is 5.97 Å². The zero-order valence-corrected chi connectivity index (χ0v) is 67.4. The van der Waals surface area contributed by atoms with Crippen molar-refractivity contribution in [1.82, 2.24) is 19.4 Å². The third kappa shape index (κ3) is 54.8. The van der Waals surface area contributed by atoms with Gasteiger partial charge in [-0.1, -0.05) is 13.3 Å². The summed E-state index contributed by atoms with van der Waals surface area (Å²) in [5, 5.41) is 1.11. The number of hydrogen-bond donors (Lipinski definition) is 2. The highest BCUT2D eigenvalue weighted by Crippen LogP contribution is 2.33. The van der Waals surface area contributed by atoms with E-state index in [1.54, 1.807) is 0 Å². The highest BCUT2D eigenvalue weighted by atomic mass is 16.6. The third-order valence-corrected chi connectivity index (χ3v) is 16.1. The van der Waals surface area contributed by atoms with Crippen LogP contribution in [0.4, 0.5) is 11.5 Å². The number of carbonyl (C=O) groups excluding carboxylic acids is 1. The number of piperazine rings is 1. The summed E-state index contributed by atoms with van der Waals surface area (Å²) >= 11 is 0. The molecule has 1 fully saturated rings. The summed E-state index contributed by atoms with van der Waals surface area (Å²) in [6.45, 7) is 37.1. The summed E-state index contributed by atoms with van der Waals surface area (Å²) in [6.07, 6.45) is 5.31. The van der Waals surface area contributed by atoms with Crippen molar-refractivity contribution < 1.29 is 123 Å². The summed E-state index contributed by atoms with van der Waals surface area (Å²) in [6, 6.07) is 6.56. The number of aromatic nitrogens is 3. The first kappa shape index (κ1) is 98.5. The molecular weight excluding hydrogens is 1440 g/mol. The van der Waals surface area contributed by atoms with Gasteiger partial charge in [-0.3, -0.25) is 9.69 Å². The molecule has 0 unspecified atom stereocenters. The fourth-order valence-corrected chi connectivity index (χ4v) is 10.5. The second-order valence-electron chi connectivity index (χ2n) is 26.0. The van der Waals surface area contributed by atoms with Crippen molar-refractivity contribution in [1.29, 1.82) is 0 Å². The van der Waals surface area contributed by atoms with Gasteiger partial charge in [-0.2, -0.15) is 0 Å². The van der Waals surface area contributed by atoms with Crippen LogP contribution in [-0.2, 0) is 136 Å². The lowest BCUT2D eigenvalue weighted by Crippen LogP contribution is -2.47. The minimum atomic E-state index is -0.486. The zero-order chi connectivity index (χ0) is 78.2. The molecule has 3 aromatic rings. The number of anilines is 2. The number of pyridine rings is 1. The van der Waals surface area contributed by atoms with Crippen molar-refractivity contribution in [3.63, 3.8) is 0 Å². The molecule has 0 amide bonds. The monoisotopic (exact) mass is 1580 g/mol. The number of nitrogen functional groups attached to an aromatic ring is 1. The fourth-order valence-electron chi connectivity index (χ4n) is 10.5. The van der Waals surface area contributed by atoms with E-state index in [0.717, 1.165) is 99.1 Å². The fraction of sp³-hybridized carbons (Fsp3) is 0.857. The van der Waals surface area contributed by atoms with Crippen molar-refractivity contribution in [2.45, 2.75) is 78.4 Å². The van der Waals surface area contributed by atoms with E-state index in [1.165, 1.54) is 5.69 Å². The molecule has 640 valence electrons. The van der Waals surface area contributed by atoms with Gasteiger partial charge in [0.2, 0.25) is 0 Å². The summed E-state index contributed by atoms with van der Waals surface area (Å²) in [5.41, 5.74) is 15.9. The standard InChI is InChI=1S/C77H141N7O26/c1-5-6-9-72-81-74-75(84(72)14-8-7-13-78)70-68-69(10-11-71(70)80-76(74)79)83-17-15-82(16-18-83)19-21-87-23-25-89-27-29-91-31-33-93-35-37-95-39-41-97-43-45-99-47-49-101-51-53-103-55-57-105-59-61-107-63-65-109-67-66-108-64-62-106-60-58-104-56-54-102-52-50-100-48-46-98-44-42-96-40-38-94-36-34-92-32-30-90-28-26-88-24-22-86-20-12-73(85)110-77(2,3)4/h10-11,68H,5-9,12-67,78H2,1-4H3,(H2,79,80). The number of carbonyl (C=O) groups is 1. The smallest absolute Gasteiger partial charge is 0.308 e.